The fraction of sp³-hybridized carbons (Fsp3) is 0.520. The highest BCUT2D eigenvalue weighted by Gasteiger charge is 2.29. The molecule has 194 valence electrons. The first-order valence-electron chi connectivity index (χ1n) is 12.9. The predicted octanol–water partition coefficient (Wildman–Crippen LogP) is 1.26. The van der Waals surface area contributed by atoms with Crippen molar-refractivity contribution in [1.29, 1.82) is 0 Å². The van der Waals surface area contributed by atoms with E-state index in [9.17, 15) is 9.59 Å². The van der Waals surface area contributed by atoms with Gasteiger partial charge in [-0.15, -0.1) is 0 Å². The first-order valence-corrected chi connectivity index (χ1v) is 12.9. The molecule has 3 saturated heterocycles. The number of rotatable bonds is 6. The van der Waals surface area contributed by atoms with Crippen LogP contribution in [0.5, 0.6) is 6.01 Å². The predicted molar refractivity (Wildman–Crippen MR) is 133 cm³/mol. The van der Waals surface area contributed by atoms with Gasteiger partial charge in [0.15, 0.2) is 5.65 Å². The average Bonchev–Trinajstić information content (AvgIpc) is 3.62. The largest absolute Gasteiger partial charge is 0.461 e. The summed E-state index contributed by atoms with van der Waals surface area (Å²) in [6.45, 7) is 3.45. The van der Waals surface area contributed by atoms with Gasteiger partial charge in [0.25, 0.3) is 5.91 Å². The number of ether oxygens (including phenoxy) is 2. The van der Waals surface area contributed by atoms with E-state index in [0.717, 1.165) is 62.1 Å². The first-order chi connectivity index (χ1) is 18.1. The molecule has 2 amide bonds. The molecule has 0 saturated carbocycles. The van der Waals surface area contributed by atoms with E-state index in [1.807, 2.05) is 12.1 Å². The third kappa shape index (κ3) is 5.06. The Morgan fingerprint density at radius 2 is 2.08 bits per heavy atom. The molecule has 2 N–H and O–H groups in total. The normalized spacial score (nSPS) is 20.9. The Labute approximate surface area is 213 Å². The summed E-state index contributed by atoms with van der Waals surface area (Å²) in [5.41, 5.74) is 2.08. The smallest absolute Gasteiger partial charge is 0.319 e. The summed E-state index contributed by atoms with van der Waals surface area (Å²) in [6.07, 6.45) is 5.48. The molecule has 12 heteroatoms. The van der Waals surface area contributed by atoms with Crippen molar-refractivity contribution in [3.8, 4) is 6.01 Å². The van der Waals surface area contributed by atoms with E-state index >= 15 is 0 Å². The summed E-state index contributed by atoms with van der Waals surface area (Å²) in [4.78, 5) is 42.2. The maximum atomic E-state index is 13.3. The van der Waals surface area contributed by atoms with Crippen LogP contribution < -0.4 is 15.0 Å². The number of fused-ring (bicyclic) bond motifs is 1. The van der Waals surface area contributed by atoms with E-state index in [-0.39, 0.29) is 36.2 Å². The Morgan fingerprint density at radius 3 is 2.89 bits per heavy atom. The number of H-pyrrole nitrogens is 1. The highest BCUT2D eigenvalue weighted by Crippen LogP contribution is 2.33. The highest BCUT2D eigenvalue weighted by molar-refractivity contribution is 5.96. The van der Waals surface area contributed by atoms with Crippen molar-refractivity contribution in [3.63, 3.8) is 0 Å². The van der Waals surface area contributed by atoms with Gasteiger partial charge in [-0.1, -0.05) is 0 Å². The lowest BCUT2D eigenvalue weighted by atomic mass is 9.92. The standard InChI is InChI=1S/C25H30N8O4/c34-21-14-33(11-8-26-21)24(35)19-13-20(29-25(28-19)37-15-17-3-2-12-36-17)32-9-5-16(6-10-32)22-18-4-1-7-27-23(18)31-30-22/h1,4,7,13,16-17H,2-3,5-6,8-12,14-15H2,(H,26,34)(H,27,30,31)/t17-/m1/s1. The summed E-state index contributed by atoms with van der Waals surface area (Å²) in [5, 5.41) is 11.4. The number of piperazine rings is 1. The number of carbonyl (C=O) groups is 2. The van der Waals surface area contributed by atoms with Crippen molar-refractivity contribution in [1.82, 2.24) is 35.4 Å². The fourth-order valence-electron chi connectivity index (χ4n) is 5.23. The van der Waals surface area contributed by atoms with Crippen LogP contribution in [0.3, 0.4) is 0 Å². The van der Waals surface area contributed by atoms with Gasteiger partial charge in [0.2, 0.25) is 5.91 Å². The first kappa shape index (κ1) is 23.6. The summed E-state index contributed by atoms with van der Waals surface area (Å²) in [5.74, 6) is 0.478. The molecule has 3 aromatic heterocycles. The van der Waals surface area contributed by atoms with Gasteiger partial charge in [0, 0.05) is 56.4 Å². The highest BCUT2D eigenvalue weighted by atomic mass is 16.5. The number of hydrogen-bond acceptors (Lipinski definition) is 9. The van der Waals surface area contributed by atoms with Gasteiger partial charge in [0.05, 0.1) is 18.3 Å². The van der Waals surface area contributed by atoms with E-state index in [1.165, 1.54) is 4.90 Å². The number of nitrogens with zero attached hydrogens (tertiary/aromatic N) is 6. The number of anilines is 1. The SMILES string of the molecule is O=C1CN(C(=O)c2cc(N3CCC(c4n[nH]c5ncccc45)CC3)nc(OC[C@H]3CCCO3)n2)CCN1. The van der Waals surface area contributed by atoms with Crippen molar-refractivity contribution in [2.24, 2.45) is 0 Å². The molecule has 3 aliphatic heterocycles. The van der Waals surface area contributed by atoms with E-state index < -0.39 is 0 Å². The van der Waals surface area contributed by atoms with Crippen LogP contribution in [-0.2, 0) is 9.53 Å². The molecule has 6 heterocycles. The van der Waals surface area contributed by atoms with E-state index in [4.69, 9.17) is 9.47 Å². The minimum absolute atomic E-state index is 0.00565. The molecule has 0 bridgehead atoms. The molecule has 0 aliphatic carbocycles. The van der Waals surface area contributed by atoms with Gasteiger partial charge in [-0.3, -0.25) is 14.7 Å². The molecule has 3 fully saturated rings. The van der Waals surface area contributed by atoms with Gasteiger partial charge < -0.3 is 24.6 Å². The second-order valence-electron chi connectivity index (χ2n) is 9.69. The molecule has 37 heavy (non-hydrogen) atoms. The zero-order valence-corrected chi connectivity index (χ0v) is 20.6. The van der Waals surface area contributed by atoms with Crippen LogP contribution in [0.2, 0.25) is 0 Å². The Kier molecular flexibility index (Phi) is 6.56. The minimum atomic E-state index is -0.300. The lowest BCUT2D eigenvalue weighted by Gasteiger charge is -2.32. The van der Waals surface area contributed by atoms with Crippen molar-refractivity contribution in [3.05, 3.63) is 35.8 Å². The minimum Gasteiger partial charge on any atom is -0.461 e. The van der Waals surface area contributed by atoms with Crippen LogP contribution in [0.25, 0.3) is 11.0 Å². The number of carbonyl (C=O) groups excluding carboxylic acids is 2. The summed E-state index contributed by atoms with van der Waals surface area (Å²) >= 11 is 0. The topological polar surface area (TPSA) is 138 Å². The Bertz CT molecular complexity index is 1280. The molecule has 0 aromatic carbocycles. The van der Waals surface area contributed by atoms with Crippen molar-refractivity contribution < 1.29 is 19.1 Å². The molecule has 1 atom stereocenters. The Morgan fingerprint density at radius 1 is 1.19 bits per heavy atom. The summed E-state index contributed by atoms with van der Waals surface area (Å²) < 4.78 is 11.6. The van der Waals surface area contributed by atoms with E-state index in [0.29, 0.717) is 31.4 Å². The summed E-state index contributed by atoms with van der Waals surface area (Å²) in [6, 6.07) is 5.85. The lowest BCUT2D eigenvalue weighted by molar-refractivity contribution is -0.123. The monoisotopic (exact) mass is 506 g/mol. The Hall–Kier alpha value is -3.80. The quantitative estimate of drug-likeness (QED) is 0.506. The van der Waals surface area contributed by atoms with Crippen LogP contribution in [0.4, 0.5) is 5.82 Å². The molecule has 3 aliphatic rings. The maximum Gasteiger partial charge on any atom is 0.319 e. The van der Waals surface area contributed by atoms with Gasteiger partial charge in [-0.05, 0) is 37.8 Å². The second-order valence-corrected chi connectivity index (χ2v) is 9.69. The molecule has 0 radical (unpaired) electrons. The number of pyridine rings is 1. The van der Waals surface area contributed by atoms with E-state index in [2.05, 4.69) is 35.4 Å². The number of nitrogens with one attached hydrogen (secondary N) is 2. The van der Waals surface area contributed by atoms with Crippen LogP contribution >= 0.6 is 0 Å². The van der Waals surface area contributed by atoms with Crippen molar-refractivity contribution in [2.75, 3.05) is 50.8 Å². The molecule has 12 nitrogen and oxygen atoms in total. The number of aromatic amines is 1. The van der Waals surface area contributed by atoms with Gasteiger partial charge in [0.1, 0.15) is 18.1 Å². The number of aromatic nitrogens is 5. The van der Waals surface area contributed by atoms with Crippen LogP contribution in [0, 0.1) is 0 Å². The molecule has 0 spiro atoms. The molecule has 3 aromatic rings. The van der Waals surface area contributed by atoms with Gasteiger partial charge in [-0.2, -0.15) is 15.1 Å². The van der Waals surface area contributed by atoms with Crippen molar-refractivity contribution in [2.45, 2.75) is 37.7 Å². The van der Waals surface area contributed by atoms with E-state index in [1.54, 1.807) is 12.3 Å². The molecular weight excluding hydrogens is 476 g/mol. The number of amides is 2. The van der Waals surface area contributed by atoms with Crippen LogP contribution in [-0.4, -0.2) is 93.9 Å². The zero-order valence-electron chi connectivity index (χ0n) is 20.6. The maximum absolute atomic E-state index is 13.3. The third-order valence-corrected chi connectivity index (χ3v) is 7.23. The fourth-order valence-corrected chi connectivity index (χ4v) is 5.23. The Balaban J connectivity index is 1.21. The summed E-state index contributed by atoms with van der Waals surface area (Å²) in [7, 11) is 0. The lowest BCUT2D eigenvalue weighted by Crippen LogP contribution is -2.50. The zero-order chi connectivity index (χ0) is 25.2. The molecule has 6 rings (SSSR count). The number of hydrogen-bond donors (Lipinski definition) is 2. The van der Waals surface area contributed by atoms with Gasteiger partial charge in [-0.25, -0.2) is 4.98 Å². The van der Waals surface area contributed by atoms with Crippen molar-refractivity contribution >= 4 is 28.7 Å². The molecular formula is C25H30N8O4. The average molecular weight is 507 g/mol. The number of piperidine rings is 1. The third-order valence-electron chi connectivity index (χ3n) is 7.23. The van der Waals surface area contributed by atoms with Gasteiger partial charge >= 0.3 is 6.01 Å². The van der Waals surface area contributed by atoms with Crippen LogP contribution in [0.1, 0.15) is 47.8 Å². The second kappa shape index (κ2) is 10.3. The van der Waals surface area contributed by atoms with Crippen LogP contribution in [0.15, 0.2) is 24.4 Å². The molecule has 0 unspecified atom stereocenters.